The lowest BCUT2D eigenvalue weighted by Gasteiger charge is -2.35. The van der Waals surface area contributed by atoms with Crippen molar-refractivity contribution in [2.45, 2.75) is 32.5 Å². The number of benzene rings is 1. The fraction of sp³-hybridized carbons (Fsp3) is 0.389. The summed E-state index contributed by atoms with van der Waals surface area (Å²) in [6, 6.07) is 6.51. The van der Waals surface area contributed by atoms with Gasteiger partial charge < -0.3 is 0 Å². The highest BCUT2D eigenvalue weighted by atomic mass is 79.9. The average Bonchev–Trinajstić information content (AvgIpc) is 3.05. The summed E-state index contributed by atoms with van der Waals surface area (Å²) >= 11 is 3.40. The van der Waals surface area contributed by atoms with Crippen LogP contribution in [0.15, 0.2) is 38.8 Å². The highest BCUT2D eigenvalue weighted by molar-refractivity contribution is 9.10. The molecule has 4 rings (SSSR count). The molecule has 3 amide bonds. The number of carbonyl (C=O) groups is 2. The number of urea groups is 1. The minimum absolute atomic E-state index is 0.0810. The van der Waals surface area contributed by atoms with Crippen LogP contribution >= 0.6 is 15.9 Å². The summed E-state index contributed by atoms with van der Waals surface area (Å²) in [5, 5.41) is 6.12. The molecule has 3 aliphatic heterocycles. The van der Waals surface area contributed by atoms with Crippen LogP contribution in [0.1, 0.15) is 19.4 Å². The SMILES string of the molecule is CC1=NN(C)C2=[N+](C1C)C1C(=O)N(Cc3ccc(Br)cc3)C(=O)N(C)C1=N2. The van der Waals surface area contributed by atoms with Crippen molar-refractivity contribution in [1.82, 2.24) is 14.8 Å². The number of hydrogen-bond donors (Lipinski definition) is 0. The highest BCUT2D eigenvalue weighted by Gasteiger charge is 2.55. The number of likely N-dealkylation sites (N-methyl/N-ethyl adjacent to an activating group) is 1. The molecular formula is C18H20BrN6O2+. The van der Waals surface area contributed by atoms with E-state index < -0.39 is 6.04 Å². The molecule has 0 aromatic heterocycles. The number of aliphatic imine (C=N–C) groups is 1. The quantitative estimate of drug-likeness (QED) is 0.669. The second-order valence-electron chi connectivity index (χ2n) is 6.91. The van der Waals surface area contributed by atoms with E-state index in [1.807, 2.05) is 42.7 Å². The van der Waals surface area contributed by atoms with Crippen LogP contribution in [0.3, 0.4) is 0 Å². The van der Waals surface area contributed by atoms with E-state index in [1.54, 1.807) is 19.1 Å². The summed E-state index contributed by atoms with van der Waals surface area (Å²) in [6.07, 6.45) is 0. The molecule has 1 aromatic carbocycles. The minimum atomic E-state index is -0.624. The summed E-state index contributed by atoms with van der Waals surface area (Å²) in [4.78, 5) is 33.5. The van der Waals surface area contributed by atoms with Crippen molar-refractivity contribution in [2.75, 3.05) is 14.1 Å². The van der Waals surface area contributed by atoms with E-state index in [-0.39, 0.29) is 24.5 Å². The number of guanidine groups is 1. The Kier molecular flexibility index (Phi) is 4.14. The lowest BCUT2D eigenvalue weighted by molar-refractivity contribution is -0.558. The highest BCUT2D eigenvalue weighted by Crippen LogP contribution is 2.26. The monoisotopic (exact) mass is 431 g/mol. The molecule has 1 fully saturated rings. The fourth-order valence-corrected chi connectivity index (χ4v) is 3.85. The van der Waals surface area contributed by atoms with Gasteiger partial charge in [-0.25, -0.2) is 9.37 Å². The molecule has 2 unspecified atom stereocenters. The molecular weight excluding hydrogens is 412 g/mol. The molecule has 0 spiro atoms. The lowest BCUT2D eigenvalue weighted by atomic mass is 10.1. The van der Waals surface area contributed by atoms with Crippen molar-refractivity contribution < 1.29 is 14.2 Å². The van der Waals surface area contributed by atoms with Crippen molar-refractivity contribution >= 4 is 45.4 Å². The van der Waals surface area contributed by atoms with Gasteiger partial charge in [-0.3, -0.25) is 14.6 Å². The van der Waals surface area contributed by atoms with E-state index in [2.05, 4.69) is 26.0 Å². The van der Waals surface area contributed by atoms with E-state index in [4.69, 9.17) is 0 Å². The normalized spacial score (nSPS) is 24.9. The number of amidine groups is 1. The van der Waals surface area contributed by atoms with Gasteiger partial charge >= 0.3 is 12.0 Å². The van der Waals surface area contributed by atoms with Gasteiger partial charge in [-0.2, -0.15) is 0 Å². The van der Waals surface area contributed by atoms with Crippen molar-refractivity contribution in [3.05, 3.63) is 34.3 Å². The first-order valence-corrected chi connectivity index (χ1v) is 9.45. The predicted molar refractivity (Wildman–Crippen MR) is 105 cm³/mol. The van der Waals surface area contributed by atoms with E-state index in [0.29, 0.717) is 11.8 Å². The molecule has 0 saturated carbocycles. The molecule has 0 bridgehead atoms. The third-order valence-corrected chi connectivity index (χ3v) is 5.73. The Bertz CT molecular complexity index is 936. The Balaban J connectivity index is 1.71. The third kappa shape index (κ3) is 2.68. The number of halogens is 1. The van der Waals surface area contributed by atoms with Crippen LogP contribution in [-0.2, 0) is 11.3 Å². The Morgan fingerprint density at radius 1 is 1.19 bits per heavy atom. The number of nitrogens with zero attached hydrogens (tertiary/aromatic N) is 6. The lowest BCUT2D eigenvalue weighted by Crippen LogP contribution is -2.64. The Hall–Kier alpha value is -2.55. The molecule has 1 aromatic rings. The first-order valence-electron chi connectivity index (χ1n) is 8.66. The second kappa shape index (κ2) is 6.26. The molecule has 27 heavy (non-hydrogen) atoms. The maximum absolute atomic E-state index is 13.3. The van der Waals surface area contributed by atoms with E-state index >= 15 is 0 Å². The molecule has 2 atom stereocenters. The molecule has 8 nitrogen and oxygen atoms in total. The van der Waals surface area contributed by atoms with Crippen LogP contribution in [0.2, 0.25) is 0 Å². The molecule has 140 valence electrons. The van der Waals surface area contributed by atoms with Gasteiger partial charge in [0.05, 0.1) is 19.3 Å². The summed E-state index contributed by atoms with van der Waals surface area (Å²) in [6.45, 7) is 4.14. The smallest absolute Gasteiger partial charge is 0.270 e. The van der Waals surface area contributed by atoms with Crippen LogP contribution in [0.4, 0.5) is 4.79 Å². The zero-order valence-electron chi connectivity index (χ0n) is 15.5. The second-order valence-corrected chi connectivity index (χ2v) is 7.83. The van der Waals surface area contributed by atoms with Crippen molar-refractivity contribution in [3.63, 3.8) is 0 Å². The maximum Gasteiger partial charge on any atom is 0.416 e. The van der Waals surface area contributed by atoms with Gasteiger partial charge in [0.2, 0.25) is 11.9 Å². The summed E-state index contributed by atoms with van der Waals surface area (Å²) < 4.78 is 2.89. The van der Waals surface area contributed by atoms with Gasteiger partial charge in [0.15, 0.2) is 0 Å². The molecule has 0 aliphatic carbocycles. The van der Waals surface area contributed by atoms with Gasteiger partial charge in [-0.1, -0.05) is 33.1 Å². The zero-order valence-corrected chi connectivity index (χ0v) is 17.1. The van der Waals surface area contributed by atoms with Gasteiger partial charge in [0, 0.05) is 11.5 Å². The number of hydrogen-bond acceptors (Lipinski definition) is 5. The number of fused-ring (bicyclic) bond motifs is 2. The first-order chi connectivity index (χ1) is 12.8. The van der Waals surface area contributed by atoms with Gasteiger partial charge in [0.1, 0.15) is 6.04 Å². The standard InChI is InChI=1S/C18H20BrN6O2/c1-10-11(2)25-14-15(20-17(25)23(4)21-10)22(3)18(27)24(16(14)26)9-12-5-7-13(19)8-6-12/h5-8,11,14H,9H2,1-4H3/q+1. The fourth-order valence-electron chi connectivity index (χ4n) is 3.59. The van der Waals surface area contributed by atoms with Gasteiger partial charge in [-0.15, -0.1) is 10.1 Å². The van der Waals surface area contributed by atoms with E-state index in [0.717, 1.165) is 15.7 Å². The molecule has 9 heteroatoms. The number of carbonyl (C=O) groups excluding carboxylic acids is 2. The molecule has 0 radical (unpaired) electrons. The largest absolute Gasteiger partial charge is 0.416 e. The third-order valence-electron chi connectivity index (χ3n) is 5.20. The Morgan fingerprint density at radius 3 is 2.52 bits per heavy atom. The molecule has 3 aliphatic rings. The molecule has 0 N–H and O–H groups in total. The summed E-state index contributed by atoms with van der Waals surface area (Å²) in [5.41, 5.74) is 1.78. The number of imide groups is 1. The van der Waals surface area contributed by atoms with Crippen LogP contribution in [0.5, 0.6) is 0 Å². The molecule has 1 saturated heterocycles. The van der Waals surface area contributed by atoms with Crippen molar-refractivity contribution in [1.29, 1.82) is 0 Å². The first kappa shape index (κ1) is 17.8. The van der Waals surface area contributed by atoms with Gasteiger partial charge in [-0.05, 0) is 31.5 Å². The van der Waals surface area contributed by atoms with Crippen LogP contribution in [-0.4, -0.2) is 75.0 Å². The van der Waals surface area contributed by atoms with Crippen LogP contribution in [0, 0.1) is 0 Å². The zero-order chi connectivity index (χ0) is 19.5. The number of rotatable bonds is 2. The minimum Gasteiger partial charge on any atom is -0.270 e. The maximum atomic E-state index is 13.3. The van der Waals surface area contributed by atoms with Crippen LogP contribution < -0.4 is 0 Å². The summed E-state index contributed by atoms with van der Waals surface area (Å²) in [7, 11) is 3.46. The van der Waals surface area contributed by atoms with Gasteiger partial charge in [0.25, 0.3) is 5.91 Å². The van der Waals surface area contributed by atoms with E-state index in [9.17, 15) is 9.59 Å². The van der Waals surface area contributed by atoms with E-state index in [1.165, 1.54) is 9.80 Å². The topological polar surface area (TPSA) is 71.6 Å². The predicted octanol–water partition coefficient (Wildman–Crippen LogP) is 1.70. The van der Waals surface area contributed by atoms with Crippen molar-refractivity contribution in [3.8, 4) is 0 Å². The average molecular weight is 432 g/mol. The number of hydrazone groups is 1. The van der Waals surface area contributed by atoms with Crippen molar-refractivity contribution in [2.24, 2.45) is 10.1 Å². The molecule has 3 heterocycles. The van der Waals surface area contributed by atoms with Crippen LogP contribution in [0.25, 0.3) is 0 Å². The number of amides is 3. The Morgan fingerprint density at radius 2 is 1.85 bits per heavy atom. The Labute approximate surface area is 165 Å². The summed E-state index contributed by atoms with van der Waals surface area (Å²) in [5.74, 6) is 0.784.